The van der Waals surface area contributed by atoms with Crippen molar-refractivity contribution < 1.29 is 67.1 Å². The number of hydrogen-bond donors (Lipinski definition) is 2. The van der Waals surface area contributed by atoms with Gasteiger partial charge in [0.1, 0.15) is 0 Å². The van der Waals surface area contributed by atoms with Crippen LogP contribution in [-0.2, 0) is 67.1 Å². The molecule has 6 N–H and O–H groups in total. The van der Waals surface area contributed by atoms with Crippen LogP contribution in [0.3, 0.4) is 0 Å². The topological polar surface area (TPSA) is 70.0 Å². The summed E-state index contributed by atoms with van der Waals surface area (Å²) in [7, 11) is 0. The Labute approximate surface area is 93.3 Å². The summed E-state index contributed by atoms with van der Waals surface area (Å²) >= 11 is 0. The normalized spacial score (nSPS) is 0. The third-order valence-corrected chi connectivity index (χ3v) is 0. The molecule has 0 aliphatic rings. The molecule has 7 heavy (non-hydrogen) atoms. The molecule has 0 aromatic rings. The molecule has 0 saturated carbocycles. The average molecular weight is 388 g/mol. The summed E-state index contributed by atoms with van der Waals surface area (Å²) in [5, 5.41) is 0. The van der Waals surface area contributed by atoms with Gasteiger partial charge in [-0.3, -0.25) is 0 Å². The molecule has 0 fully saturated rings. The SMILES string of the molecule is N.N.[Ag+].[Ag+].[Ag+].[CH3-].[CH3-]. The van der Waals surface area contributed by atoms with Crippen LogP contribution in [0.4, 0.5) is 0 Å². The maximum absolute atomic E-state index is 0. The van der Waals surface area contributed by atoms with Gasteiger partial charge in [-0.05, 0) is 0 Å². The van der Waals surface area contributed by atoms with Crippen molar-refractivity contribution in [3.05, 3.63) is 14.9 Å². The first kappa shape index (κ1) is 132. The summed E-state index contributed by atoms with van der Waals surface area (Å²) in [5.74, 6) is 0. The molecule has 0 aliphatic heterocycles. The number of rotatable bonds is 0. The van der Waals surface area contributed by atoms with E-state index in [1.807, 2.05) is 0 Å². The molecule has 0 aromatic carbocycles. The number of hydrogen-bond acceptors (Lipinski definition) is 2. The zero-order chi connectivity index (χ0) is 0. The zero-order valence-electron chi connectivity index (χ0n) is 4.32. The van der Waals surface area contributed by atoms with Gasteiger partial charge in [-0.25, -0.2) is 0 Å². The fourth-order valence-corrected chi connectivity index (χ4v) is 0. The summed E-state index contributed by atoms with van der Waals surface area (Å²) in [6, 6.07) is 0. The van der Waals surface area contributed by atoms with Crippen LogP contribution < -0.4 is 12.3 Å². The van der Waals surface area contributed by atoms with E-state index in [1.165, 1.54) is 0 Å². The fourth-order valence-electron chi connectivity index (χ4n) is 0. The second kappa shape index (κ2) is 90.6. The van der Waals surface area contributed by atoms with Gasteiger partial charge in [0.2, 0.25) is 0 Å². The van der Waals surface area contributed by atoms with Crippen molar-refractivity contribution in [2.45, 2.75) is 0 Å². The molecular formula is C2H12Ag3N2+. The Kier molecular flexibility index (Phi) is 1710. The standard InChI is InChI=1S/2CH3.3Ag.2H3N/h2*1H3;;;;2*1H3/q2*-1;3*+1;;. The molecule has 0 rings (SSSR count). The Morgan fingerprint density at radius 2 is 0.429 bits per heavy atom. The van der Waals surface area contributed by atoms with Crippen LogP contribution in [0.1, 0.15) is 0 Å². The van der Waals surface area contributed by atoms with Crippen molar-refractivity contribution in [1.29, 1.82) is 0 Å². The molecule has 5 heteroatoms. The predicted molar refractivity (Wildman–Crippen MR) is 22.9 cm³/mol. The molecule has 2 nitrogen and oxygen atoms in total. The van der Waals surface area contributed by atoms with Crippen molar-refractivity contribution in [2.75, 3.05) is 0 Å². The van der Waals surface area contributed by atoms with E-state index in [9.17, 15) is 0 Å². The van der Waals surface area contributed by atoms with E-state index in [0.29, 0.717) is 0 Å². The third-order valence-electron chi connectivity index (χ3n) is 0. The molecular weight excluding hydrogens is 376 g/mol. The van der Waals surface area contributed by atoms with Gasteiger partial charge in [0, 0.05) is 0 Å². The quantitative estimate of drug-likeness (QED) is 0.484. The van der Waals surface area contributed by atoms with Gasteiger partial charge < -0.3 is 27.2 Å². The summed E-state index contributed by atoms with van der Waals surface area (Å²) in [4.78, 5) is 0. The predicted octanol–water partition coefficient (Wildman–Crippen LogP) is 1.22. The first-order valence-corrected chi connectivity index (χ1v) is 0. The van der Waals surface area contributed by atoms with E-state index < -0.39 is 0 Å². The van der Waals surface area contributed by atoms with Crippen molar-refractivity contribution in [1.82, 2.24) is 12.3 Å². The van der Waals surface area contributed by atoms with Gasteiger partial charge in [-0.15, -0.1) is 0 Å². The molecule has 0 atom stereocenters. The van der Waals surface area contributed by atoms with Gasteiger partial charge >= 0.3 is 67.1 Å². The maximum Gasteiger partial charge on any atom is 1.00 e. The first-order chi connectivity index (χ1) is 0. The molecule has 0 saturated heterocycles. The van der Waals surface area contributed by atoms with Crippen molar-refractivity contribution >= 4 is 0 Å². The second-order valence-corrected chi connectivity index (χ2v) is 0. The van der Waals surface area contributed by atoms with Crippen LogP contribution in [0.5, 0.6) is 0 Å². The summed E-state index contributed by atoms with van der Waals surface area (Å²) in [6.45, 7) is 0. The Morgan fingerprint density at radius 1 is 0.429 bits per heavy atom. The minimum absolute atomic E-state index is 0. The molecule has 0 aromatic heterocycles. The molecule has 0 aliphatic carbocycles. The van der Waals surface area contributed by atoms with E-state index >= 15 is 0 Å². The van der Waals surface area contributed by atoms with Gasteiger partial charge in [0.25, 0.3) is 0 Å². The monoisotopic (exact) mass is 385 g/mol. The average Bonchev–Trinajstić information content (AvgIpc) is 0. The van der Waals surface area contributed by atoms with Gasteiger partial charge in [0.05, 0.1) is 0 Å². The summed E-state index contributed by atoms with van der Waals surface area (Å²) < 4.78 is 0. The van der Waals surface area contributed by atoms with Crippen LogP contribution >= 0.6 is 0 Å². The fraction of sp³-hybridized carbons (Fsp3) is 0. The summed E-state index contributed by atoms with van der Waals surface area (Å²) in [5.41, 5.74) is 0. The Hall–Kier alpha value is 2.14. The first-order valence-electron chi connectivity index (χ1n) is 0. The summed E-state index contributed by atoms with van der Waals surface area (Å²) in [6.07, 6.45) is 0. The minimum Gasteiger partial charge on any atom is -0.358 e. The van der Waals surface area contributed by atoms with Gasteiger partial charge in [-0.2, -0.15) is 0 Å². The largest absolute Gasteiger partial charge is 1.00 e. The maximum atomic E-state index is 0. The van der Waals surface area contributed by atoms with Gasteiger partial charge in [0.15, 0.2) is 0 Å². The molecule has 0 radical (unpaired) electrons. The second-order valence-electron chi connectivity index (χ2n) is 0. The Bertz CT molecular complexity index is 10.9. The smallest absolute Gasteiger partial charge is 0.358 e. The van der Waals surface area contributed by atoms with E-state index in [0.717, 1.165) is 0 Å². The Balaban J connectivity index is 0. The third kappa shape index (κ3) is 67.0. The molecule has 0 spiro atoms. The van der Waals surface area contributed by atoms with Crippen LogP contribution in [0, 0.1) is 14.9 Å². The molecule has 62 valence electrons. The zero-order valence-corrected chi connectivity index (χ0v) is 8.77. The van der Waals surface area contributed by atoms with Crippen LogP contribution in [0.2, 0.25) is 0 Å². The van der Waals surface area contributed by atoms with Crippen LogP contribution in [-0.4, -0.2) is 0 Å². The van der Waals surface area contributed by atoms with Gasteiger partial charge in [-0.1, -0.05) is 0 Å². The van der Waals surface area contributed by atoms with E-state index in [4.69, 9.17) is 0 Å². The molecule has 0 heterocycles. The van der Waals surface area contributed by atoms with Crippen molar-refractivity contribution in [3.63, 3.8) is 0 Å². The minimum atomic E-state index is 0. The van der Waals surface area contributed by atoms with E-state index in [-0.39, 0.29) is 94.3 Å². The van der Waals surface area contributed by atoms with Crippen LogP contribution in [0.25, 0.3) is 0 Å². The Morgan fingerprint density at radius 3 is 0.429 bits per heavy atom. The molecule has 0 amide bonds. The van der Waals surface area contributed by atoms with E-state index in [2.05, 4.69) is 0 Å². The van der Waals surface area contributed by atoms with E-state index in [1.54, 1.807) is 0 Å². The molecule has 0 unspecified atom stereocenters. The van der Waals surface area contributed by atoms with Crippen LogP contribution in [0.15, 0.2) is 0 Å². The molecule has 0 bridgehead atoms. The van der Waals surface area contributed by atoms with Crippen molar-refractivity contribution in [2.24, 2.45) is 0 Å². The van der Waals surface area contributed by atoms with Crippen molar-refractivity contribution in [3.8, 4) is 0 Å².